The van der Waals surface area contributed by atoms with Crippen LogP contribution >= 0.6 is 34.8 Å². The lowest BCUT2D eigenvalue weighted by atomic mass is 10.1. The van der Waals surface area contributed by atoms with E-state index in [1.54, 1.807) is 19.1 Å². The molecule has 7 heteroatoms. The number of hydrogen-bond donors (Lipinski definition) is 0. The Balaban J connectivity index is 2.50. The van der Waals surface area contributed by atoms with E-state index in [-0.39, 0.29) is 28.5 Å². The van der Waals surface area contributed by atoms with E-state index in [4.69, 9.17) is 44.3 Å². The number of carbonyl (C=O) groups is 1. The molecule has 0 saturated heterocycles. The van der Waals surface area contributed by atoms with Gasteiger partial charge in [0.25, 0.3) is 0 Å². The Morgan fingerprint density at radius 2 is 1.92 bits per heavy atom. The van der Waals surface area contributed by atoms with E-state index in [0.29, 0.717) is 5.75 Å². The van der Waals surface area contributed by atoms with E-state index in [1.165, 1.54) is 6.07 Å². The molecule has 132 valence electrons. The molecule has 0 spiro atoms. The van der Waals surface area contributed by atoms with E-state index in [9.17, 15) is 9.18 Å². The molecular weight excluding hydrogens is 390 g/mol. The third-order valence-corrected chi connectivity index (χ3v) is 3.85. The van der Waals surface area contributed by atoms with Crippen molar-refractivity contribution in [2.75, 3.05) is 6.61 Å². The first-order valence-electron chi connectivity index (χ1n) is 7.29. The lowest BCUT2D eigenvalue weighted by molar-refractivity contribution is -0.136. The Labute approximate surface area is 159 Å². The van der Waals surface area contributed by atoms with Gasteiger partial charge in [0.2, 0.25) is 0 Å². The highest BCUT2D eigenvalue weighted by Gasteiger charge is 2.23. The molecule has 3 nitrogen and oxygen atoms in total. The molecule has 0 amide bonds. The first-order chi connectivity index (χ1) is 11.8. The second-order valence-electron chi connectivity index (χ2n) is 5.04. The molecule has 2 aromatic carbocycles. The minimum Gasteiger partial charge on any atom is -0.462 e. The van der Waals surface area contributed by atoms with Gasteiger partial charge in [-0.15, -0.1) is 0 Å². The number of rotatable bonds is 5. The van der Waals surface area contributed by atoms with Crippen molar-refractivity contribution >= 4 is 46.3 Å². The van der Waals surface area contributed by atoms with Crippen LogP contribution in [0, 0.1) is 12.7 Å². The molecule has 2 rings (SSSR count). The first kappa shape index (κ1) is 19.6. The van der Waals surface area contributed by atoms with E-state index in [1.807, 2.05) is 19.1 Å². The van der Waals surface area contributed by atoms with Gasteiger partial charge in [-0.3, -0.25) is 0 Å². The number of aryl methyl sites for hydroxylation is 1. The zero-order valence-corrected chi connectivity index (χ0v) is 15.7. The maximum Gasteiger partial charge on any atom is 0.341 e. The van der Waals surface area contributed by atoms with Crippen LogP contribution in [0.1, 0.15) is 18.1 Å². The molecule has 0 fully saturated rings. The number of benzene rings is 2. The highest BCUT2D eigenvalue weighted by atomic mass is 35.5. The third kappa shape index (κ3) is 4.88. The van der Waals surface area contributed by atoms with Gasteiger partial charge in [-0.2, -0.15) is 0 Å². The summed E-state index contributed by atoms with van der Waals surface area (Å²) < 4.78 is 24.5. The average molecular weight is 404 g/mol. The van der Waals surface area contributed by atoms with Crippen molar-refractivity contribution in [1.82, 2.24) is 0 Å². The Morgan fingerprint density at radius 1 is 1.20 bits per heavy atom. The molecule has 25 heavy (non-hydrogen) atoms. The van der Waals surface area contributed by atoms with Crippen LogP contribution in [-0.4, -0.2) is 12.6 Å². The second-order valence-corrected chi connectivity index (χ2v) is 6.39. The van der Waals surface area contributed by atoms with Crippen LogP contribution in [0.2, 0.25) is 5.02 Å². The molecule has 0 aliphatic carbocycles. The highest BCUT2D eigenvalue weighted by Crippen LogP contribution is 2.36. The van der Waals surface area contributed by atoms with Crippen LogP contribution < -0.4 is 4.74 Å². The standard InChI is InChI=1S/C18H14Cl3FO3/c1-3-24-18(23)16(17(20)21)12-8-15(13(19)9-14(12)22)25-11-6-4-5-10(2)7-11/h4-9H,3H2,1-2H3. The quantitative estimate of drug-likeness (QED) is 0.435. The SMILES string of the molecule is CCOC(=O)C(=C(Cl)Cl)c1cc(Oc2cccc(C)c2)c(Cl)cc1F. The molecule has 2 aromatic rings. The summed E-state index contributed by atoms with van der Waals surface area (Å²) in [6.45, 7) is 3.60. The van der Waals surface area contributed by atoms with Gasteiger partial charge in [-0.25, -0.2) is 9.18 Å². The van der Waals surface area contributed by atoms with Gasteiger partial charge >= 0.3 is 5.97 Å². The molecule has 0 aliphatic heterocycles. The van der Waals surface area contributed by atoms with E-state index in [0.717, 1.165) is 11.6 Å². The molecule has 0 radical (unpaired) electrons. The summed E-state index contributed by atoms with van der Waals surface area (Å²) >= 11 is 17.6. The van der Waals surface area contributed by atoms with Gasteiger partial charge < -0.3 is 9.47 Å². The molecular formula is C18H14Cl3FO3. The predicted octanol–water partition coefficient (Wildman–Crippen LogP) is 6.29. The molecule has 0 aliphatic rings. The largest absolute Gasteiger partial charge is 0.462 e. The zero-order valence-electron chi connectivity index (χ0n) is 13.4. The number of esters is 1. The fourth-order valence-electron chi connectivity index (χ4n) is 2.10. The Hall–Kier alpha value is -1.75. The Morgan fingerprint density at radius 3 is 2.52 bits per heavy atom. The molecule has 0 heterocycles. The minimum absolute atomic E-state index is 0.0386. The normalized spacial score (nSPS) is 10.3. The molecule has 0 bridgehead atoms. The van der Waals surface area contributed by atoms with Crippen molar-refractivity contribution in [3.8, 4) is 11.5 Å². The van der Waals surface area contributed by atoms with Crippen molar-refractivity contribution in [1.29, 1.82) is 0 Å². The second kappa shape index (κ2) is 8.56. The summed E-state index contributed by atoms with van der Waals surface area (Å²) in [5.41, 5.74) is 0.519. The molecule has 0 aromatic heterocycles. The van der Waals surface area contributed by atoms with Crippen LogP contribution in [0.15, 0.2) is 40.9 Å². The predicted molar refractivity (Wildman–Crippen MR) is 97.9 cm³/mol. The molecule has 0 saturated carbocycles. The van der Waals surface area contributed by atoms with Crippen LogP contribution in [0.3, 0.4) is 0 Å². The van der Waals surface area contributed by atoms with Gasteiger partial charge in [0.15, 0.2) is 0 Å². The van der Waals surface area contributed by atoms with Crippen molar-refractivity contribution in [2.24, 2.45) is 0 Å². The topological polar surface area (TPSA) is 35.5 Å². The Kier molecular flexibility index (Phi) is 6.71. The summed E-state index contributed by atoms with van der Waals surface area (Å²) in [5, 5.41) is 0.0386. The number of hydrogen-bond acceptors (Lipinski definition) is 3. The van der Waals surface area contributed by atoms with Crippen molar-refractivity contribution < 1.29 is 18.7 Å². The van der Waals surface area contributed by atoms with Crippen LogP contribution in [0.4, 0.5) is 4.39 Å². The maximum atomic E-state index is 14.3. The summed E-state index contributed by atoms with van der Waals surface area (Å²) in [6.07, 6.45) is 0. The van der Waals surface area contributed by atoms with E-state index >= 15 is 0 Å². The lowest BCUT2D eigenvalue weighted by Crippen LogP contribution is -2.09. The highest BCUT2D eigenvalue weighted by molar-refractivity contribution is 6.61. The van der Waals surface area contributed by atoms with Crippen LogP contribution in [0.25, 0.3) is 5.57 Å². The smallest absolute Gasteiger partial charge is 0.341 e. The molecule has 0 N–H and O–H groups in total. The lowest BCUT2D eigenvalue weighted by Gasteiger charge is -2.13. The fraction of sp³-hybridized carbons (Fsp3) is 0.167. The first-order valence-corrected chi connectivity index (χ1v) is 8.43. The summed E-state index contributed by atoms with van der Waals surface area (Å²) in [5.74, 6) is -0.952. The van der Waals surface area contributed by atoms with Gasteiger partial charge in [-0.1, -0.05) is 46.9 Å². The van der Waals surface area contributed by atoms with Gasteiger partial charge in [0.1, 0.15) is 27.4 Å². The number of carbonyl (C=O) groups excluding carboxylic acids is 1. The maximum absolute atomic E-state index is 14.3. The van der Waals surface area contributed by atoms with Crippen LogP contribution in [0.5, 0.6) is 11.5 Å². The minimum atomic E-state index is -0.842. The van der Waals surface area contributed by atoms with E-state index < -0.39 is 16.3 Å². The molecule has 0 atom stereocenters. The molecule has 0 unspecified atom stereocenters. The summed E-state index contributed by atoms with van der Waals surface area (Å²) in [4.78, 5) is 12.0. The summed E-state index contributed by atoms with van der Waals surface area (Å²) in [7, 11) is 0. The van der Waals surface area contributed by atoms with Gasteiger partial charge in [0, 0.05) is 5.56 Å². The Bertz CT molecular complexity index is 830. The summed E-state index contributed by atoms with van der Waals surface area (Å²) in [6, 6.07) is 9.51. The van der Waals surface area contributed by atoms with Gasteiger partial charge in [0.05, 0.1) is 11.6 Å². The number of halogens is 4. The number of ether oxygens (including phenoxy) is 2. The third-order valence-electron chi connectivity index (χ3n) is 3.18. The van der Waals surface area contributed by atoms with Crippen molar-refractivity contribution in [3.05, 3.63) is 62.9 Å². The fourth-order valence-corrected chi connectivity index (χ4v) is 2.64. The average Bonchev–Trinajstić information content (AvgIpc) is 2.52. The van der Waals surface area contributed by atoms with Crippen molar-refractivity contribution in [2.45, 2.75) is 13.8 Å². The zero-order chi connectivity index (χ0) is 18.6. The van der Waals surface area contributed by atoms with Crippen LogP contribution in [-0.2, 0) is 9.53 Å². The van der Waals surface area contributed by atoms with Crippen molar-refractivity contribution in [3.63, 3.8) is 0 Å². The van der Waals surface area contributed by atoms with Gasteiger partial charge in [-0.05, 0) is 43.7 Å². The monoisotopic (exact) mass is 402 g/mol. The van der Waals surface area contributed by atoms with E-state index in [2.05, 4.69) is 0 Å².